The molecule has 1 aliphatic rings. The number of carbonyl (C=O) groups is 1. The minimum absolute atomic E-state index is 0.0116. The van der Waals surface area contributed by atoms with E-state index in [-0.39, 0.29) is 5.91 Å². The van der Waals surface area contributed by atoms with Crippen LogP contribution < -0.4 is 10.2 Å². The number of hydrogen-bond donors (Lipinski definition) is 1. The maximum atomic E-state index is 12.4. The summed E-state index contributed by atoms with van der Waals surface area (Å²) < 4.78 is 0. The first-order valence-electron chi connectivity index (χ1n) is 10.3. The van der Waals surface area contributed by atoms with Crippen molar-refractivity contribution in [2.24, 2.45) is 0 Å². The Hall–Kier alpha value is -2.02. The molecule has 1 N–H and O–H groups in total. The van der Waals surface area contributed by atoms with Gasteiger partial charge in [0.25, 0.3) is 0 Å². The minimum atomic E-state index is 0.0116. The molecule has 1 saturated heterocycles. The summed E-state index contributed by atoms with van der Waals surface area (Å²) in [5.41, 5.74) is 3.29. The molecule has 0 spiro atoms. The third-order valence-corrected chi connectivity index (χ3v) is 6.10. The van der Waals surface area contributed by atoms with Crippen molar-refractivity contribution in [1.82, 2.24) is 9.80 Å². The Labute approximate surface area is 179 Å². The van der Waals surface area contributed by atoms with Gasteiger partial charge < -0.3 is 15.1 Å². The van der Waals surface area contributed by atoms with E-state index >= 15 is 0 Å². The molecule has 6 heteroatoms. The van der Waals surface area contributed by atoms with Crippen molar-refractivity contribution in [2.75, 3.05) is 62.8 Å². The number of likely N-dealkylation sites (N-methyl/N-ethyl adjacent to an activating group) is 2. The highest BCUT2D eigenvalue weighted by Crippen LogP contribution is 2.20. The van der Waals surface area contributed by atoms with Crippen LogP contribution in [0.25, 0.3) is 0 Å². The normalized spacial score (nSPS) is 15.0. The highest BCUT2D eigenvalue weighted by molar-refractivity contribution is 7.98. The zero-order valence-electron chi connectivity index (χ0n) is 17.7. The molecule has 3 rings (SSSR count). The van der Waals surface area contributed by atoms with Gasteiger partial charge in [0, 0.05) is 49.0 Å². The number of rotatable bonds is 8. The van der Waals surface area contributed by atoms with Gasteiger partial charge in [0.05, 0.1) is 6.54 Å². The number of benzene rings is 2. The van der Waals surface area contributed by atoms with E-state index in [1.54, 1.807) is 11.8 Å². The third-order valence-electron chi connectivity index (χ3n) is 5.36. The summed E-state index contributed by atoms with van der Waals surface area (Å²) in [6.45, 7) is 8.80. The van der Waals surface area contributed by atoms with E-state index in [0.717, 1.165) is 45.0 Å². The summed E-state index contributed by atoms with van der Waals surface area (Å²) in [5, 5.41) is 3.01. The molecule has 1 amide bonds. The van der Waals surface area contributed by atoms with E-state index in [0.29, 0.717) is 6.54 Å². The van der Waals surface area contributed by atoms with Crippen molar-refractivity contribution < 1.29 is 4.79 Å². The lowest BCUT2D eigenvalue weighted by Gasteiger charge is -2.35. The highest BCUT2D eigenvalue weighted by Gasteiger charge is 2.16. The van der Waals surface area contributed by atoms with Crippen molar-refractivity contribution in [3.05, 3.63) is 54.1 Å². The molecule has 0 bridgehead atoms. The molecule has 1 fully saturated rings. The molecule has 1 heterocycles. The third kappa shape index (κ3) is 6.49. The van der Waals surface area contributed by atoms with Gasteiger partial charge in [-0.25, -0.2) is 0 Å². The van der Waals surface area contributed by atoms with E-state index in [4.69, 9.17) is 0 Å². The van der Waals surface area contributed by atoms with Gasteiger partial charge in [0.2, 0.25) is 5.91 Å². The van der Waals surface area contributed by atoms with Crippen LogP contribution in [0.5, 0.6) is 0 Å². The van der Waals surface area contributed by atoms with E-state index in [2.05, 4.69) is 64.7 Å². The predicted molar refractivity (Wildman–Crippen MR) is 124 cm³/mol. The van der Waals surface area contributed by atoms with Gasteiger partial charge in [0.1, 0.15) is 0 Å². The van der Waals surface area contributed by atoms with E-state index in [1.165, 1.54) is 16.1 Å². The van der Waals surface area contributed by atoms with Crippen molar-refractivity contribution in [3.63, 3.8) is 0 Å². The first-order chi connectivity index (χ1) is 14.1. The molecule has 0 saturated carbocycles. The maximum absolute atomic E-state index is 12.4. The summed E-state index contributed by atoms with van der Waals surface area (Å²) in [5.74, 6) is 0.0116. The smallest absolute Gasteiger partial charge is 0.238 e. The number of nitrogens with zero attached hydrogens (tertiary/aromatic N) is 3. The summed E-state index contributed by atoms with van der Waals surface area (Å²) in [6, 6.07) is 16.7. The van der Waals surface area contributed by atoms with Crippen LogP contribution in [0.2, 0.25) is 0 Å². The Balaban J connectivity index is 1.46. The fourth-order valence-corrected chi connectivity index (χ4v) is 4.03. The second-order valence-electron chi connectivity index (χ2n) is 7.54. The lowest BCUT2D eigenvalue weighted by Crippen LogP contribution is -2.46. The molecular weight excluding hydrogens is 380 g/mol. The first-order valence-corrected chi connectivity index (χ1v) is 11.5. The maximum Gasteiger partial charge on any atom is 0.238 e. The number of nitrogens with one attached hydrogen (secondary N) is 1. The molecule has 0 radical (unpaired) electrons. The number of carbonyl (C=O) groups excluding carboxylic acids is 1. The Morgan fingerprint density at radius 2 is 1.69 bits per heavy atom. The van der Waals surface area contributed by atoms with Crippen LogP contribution in [0.1, 0.15) is 12.5 Å². The molecule has 2 aromatic rings. The van der Waals surface area contributed by atoms with Crippen molar-refractivity contribution in [1.29, 1.82) is 0 Å². The summed E-state index contributed by atoms with van der Waals surface area (Å²) in [6.07, 6.45) is 2.07. The molecule has 2 aromatic carbocycles. The fourth-order valence-electron chi connectivity index (χ4n) is 3.62. The minimum Gasteiger partial charge on any atom is -0.369 e. The van der Waals surface area contributed by atoms with Crippen LogP contribution in [-0.2, 0) is 11.3 Å². The average molecular weight is 413 g/mol. The van der Waals surface area contributed by atoms with Crippen LogP contribution in [0.3, 0.4) is 0 Å². The van der Waals surface area contributed by atoms with Gasteiger partial charge in [-0.05, 0) is 61.8 Å². The van der Waals surface area contributed by atoms with Gasteiger partial charge in [-0.3, -0.25) is 9.69 Å². The first kappa shape index (κ1) is 21.7. The average Bonchev–Trinajstić information content (AvgIpc) is 2.74. The summed E-state index contributed by atoms with van der Waals surface area (Å²) in [4.78, 5) is 20.6. The number of thioether (sulfide) groups is 1. The van der Waals surface area contributed by atoms with Crippen molar-refractivity contribution in [3.8, 4) is 0 Å². The van der Waals surface area contributed by atoms with E-state index in [1.807, 2.05) is 24.1 Å². The van der Waals surface area contributed by atoms with Crippen LogP contribution in [0.15, 0.2) is 53.4 Å². The Morgan fingerprint density at radius 3 is 2.28 bits per heavy atom. The highest BCUT2D eigenvalue weighted by atomic mass is 32.2. The monoisotopic (exact) mass is 412 g/mol. The summed E-state index contributed by atoms with van der Waals surface area (Å²) >= 11 is 1.74. The van der Waals surface area contributed by atoms with Gasteiger partial charge in [0.15, 0.2) is 0 Å². The van der Waals surface area contributed by atoms with Crippen LogP contribution >= 0.6 is 11.8 Å². The number of piperazine rings is 1. The fraction of sp³-hybridized carbons (Fsp3) is 0.435. The molecule has 1 aliphatic heterocycles. The molecule has 0 aliphatic carbocycles. The Morgan fingerprint density at radius 1 is 1.03 bits per heavy atom. The number of amides is 1. The van der Waals surface area contributed by atoms with Gasteiger partial charge in [-0.1, -0.05) is 19.1 Å². The predicted octanol–water partition coefficient (Wildman–Crippen LogP) is 3.62. The SMILES string of the molecule is CCN1CCN(c2ccc(NC(=O)CN(C)Cc3ccc(SC)cc3)cc2)CC1. The van der Waals surface area contributed by atoms with Crippen LogP contribution in [-0.4, -0.2) is 68.3 Å². The largest absolute Gasteiger partial charge is 0.369 e. The lowest BCUT2D eigenvalue weighted by atomic mass is 10.2. The van der Waals surface area contributed by atoms with E-state index < -0.39 is 0 Å². The summed E-state index contributed by atoms with van der Waals surface area (Å²) in [7, 11) is 1.97. The van der Waals surface area contributed by atoms with Crippen LogP contribution in [0, 0.1) is 0 Å². The molecular formula is C23H32N4OS. The molecule has 156 valence electrons. The lowest BCUT2D eigenvalue weighted by molar-refractivity contribution is -0.117. The van der Waals surface area contributed by atoms with Crippen molar-refractivity contribution in [2.45, 2.75) is 18.4 Å². The van der Waals surface area contributed by atoms with Gasteiger partial charge in [-0.2, -0.15) is 0 Å². The van der Waals surface area contributed by atoms with E-state index in [9.17, 15) is 4.79 Å². The quantitative estimate of drug-likeness (QED) is 0.671. The zero-order chi connectivity index (χ0) is 20.6. The number of hydrogen-bond acceptors (Lipinski definition) is 5. The van der Waals surface area contributed by atoms with Gasteiger partial charge >= 0.3 is 0 Å². The standard InChI is InChI=1S/C23H32N4OS/c1-4-26-13-15-27(16-14-26)21-9-7-20(8-10-21)24-23(28)18-25(2)17-19-5-11-22(29-3)12-6-19/h5-12H,4,13-18H2,1-3H3,(H,24,28). The molecule has 5 nitrogen and oxygen atoms in total. The molecule has 29 heavy (non-hydrogen) atoms. The molecule has 0 atom stereocenters. The van der Waals surface area contributed by atoms with Crippen molar-refractivity contribution >= 4 is 29.0 Å². The Kier molecular flexibility index (Phi) is 7.98. The topological polar surface area (TPSA) is 38.8 Å². The molecule has 0 aromatic heterocycles. The second kappa shape index (κ2) is 10.7. The zero-order valence-corrected chi connectivity index (χ0v) is 18.5. The molecule has 0 unspecified atom stereocenters. The Bertz CT molecular complexity index is 770. The van der Waals surface area contributed by atoms with Crippen LogP contribution in [0.4, 0.5) is 11.4 Å². The number of anilines is 2. The second-order valence-corrected chi connectivity index (χ2v) is 8.42. The van der Waals surface area contributed by atoms with Gasteiger partial charge in [-0.15, -0.1) is 11.8 Å².